The third-order valence-electron chi connectivity index (χ3n) is 4.51. The van der Waals surface area contributed by atoms with Crippen molar-refractivity contribution in [2.45, 2.75) is 19.4 Å². The number of hydrogen-bond donors (Lipinski definition) is 2. The second-order valence-corrected chi connectivity index (χ2v) is 5.97. The molecule has 1 aromatic rings. The average molecular weight is 288 g/mol. The highest BCUT2D eigenvalue weighted by Gasteiger charge is 2.29. The summed E-state index contributed by atoms with van der Waals surface area (Å²) >= 11 is 0. The fourth-order valence-electron chi connectivity index (χ4n) is 3.33. The van der Waals surface area contributed by atoms with Gasteiger partial charge in [-0.1, -0.05) is 6.07 Å². The number of anilines is 1. The number of morpholine rings is 1. The Morgan fingerprint density at radius 1 is 1.29 bits per heavy atom. The molecule has 2 aliphatic rings. The maximum atomic E-state index is 7.78. The largest absolute Gasteiger partial charge is 0.384 e. The Morgan fingerprint density at radius 3 is 2.76 bits per heavy atom. The molecule has 0 amide bonds. The molecule has 2 heterocycles. The van der Waals surface area contributed by atoms with Gasteiger partial charge in [-0.05, 0) is 31.0 Å². The first-order valence-electron chi connectivity index (χ1n) is 7.67. The summed E-state index contributed by atoms with van der Waals surface area (Å²) in [5, 5.41) is 7.78. The molecule has 0 saturated carbocycles. The van der Waals surface area contributed by atoms with Gasteiger partial charge in [0.05, 0.1) is 13.2 Å². The number of aryl methyl sites for hydroxylation is 1. The third kappa shape index (κ3) is 3.04. The van der Waals surface area contributed by atoms with E-state index >= 15 is 0 Å². The van der Waals surface area contributed by atoms with Gasteiger partial charge in [-0.25, -0.2) is 0 Å². The summed E-state index contributed by atoms with van der Waals surface area (Å²) < 4.78 is 5.44. The molecule has 3 rings (SSSR count). The van der Waals surface area contributed by atoms with Crippen LogP contribution in [0.2, 0.25) is 0 Å². The van der Waals surface area contributed by atoms with Crippen LogP contribution in [0, 0.1) is 12.3 Å². The van der Waals surface area contributed by atoms with Crippen molar-refractivity contribution in [2.75, 3.05) is 44.3 Å². The molecule has 1 unspecified atom stereocenters. The smallest absolute Gasteiger partial charge is 0.124 e. The van der Waals surface area contributed by atoms with Crippen LogP contribution in [0.4, 0.5) is 5.69 Å². The molecule has 114 valence electrons. The number of nitrogens with one attached hydrogen (secondary N) is 1. The molecule has 2 saturated heterocycles. The molecular weight excluding hydrogens is 264 g/mol. The number of nitrogens with zero attached hydrogens (tertiary/aromatic N) is 2. The van der Waals surface area contributed by atoms with Crippen molar-refractivity contribution >= 4 is 11.5 Å². The van der Waals surface area contributed by atoms with Crippen LogP contribution >= 0.6 is 0 Å². The van der Waals surface area contributed by atoms with Crippen molar-refractivity contribution in [3.05, 3.63) is 29.3 Å². The zero-order chi connectivity index (χ0) is 14.8. The standard InChI is InChI=1S/C16H24N4O/c1-12-2-3-14(16(17)18)15(10-12)20-5-4-13(11-20)19-6-8-21-9-7-19/h2-3,10,13H,4-9,11H2,1H3,(H3,17,18). The lowest BCUT2D eigenvalue weighted by Gasteiger charge is -2.32. The summed E-state index contributed by atoms with van der Waals surface area (Å²) in [6.45, 7) is 7.90. The summed E-state index contributed by atoms with van der Waals surface area (Å²) in [4.78, 5) is 4.91. The van der Waals surface area contributed by atoms with E-state index in [4.69, 9.17) is 15.9 Å². The third-order valence-corrected chi connectivity index (χ3v) is 4.51. The Hall–Kier alpha value is -1.59. The predicted molar refractivity (Wildman–Crippen MR) is 85.2 cm³/mol. The highest BCUT2D eigenvalue weighted by molar-refractivity contribution is 6.00. The van der Waals surface area contributed by atoms with Crippen molar-refractivity contribution in [2.24, 2.45) is 5.73 Å². The molecular formula is C16H24N4O. The van der Waals surface area contributed by atoms with Gasteiger partial charge in [0, 0.05) is 43.5 Å². The van der Waals surface area contributed by atoms with Crippen LogP contribution in [0.25, 0.3) is 0 Å². The Bertz CT molecular complexity index is 525. The van der Waals surface area contributed by atoms with E-state index in [9.17, 15) is 0 Å². The molecule has 0 aromatic heterocycles. The first-order valence-corrected chi connectivity index (χ1v) is 7.67. The Morgan fingerprint density at radius 2 is 2.05 bits per heavy atom. The van der Waals surface area contributed by atoms with Gasteiger partial charge in [-0.15, -0.1) is 0 Å². The van der Waals surface area contributed by atoms with Gasteiger partial charge in [-0.3, -0.25) is 10.3 Å². The van der Waals surface area contributed by atoms with Crippen molar-refractivity contribution in [1.82, 2.24) is 4.90 Å². The lowest BCUT2D eigenvalue weighted by atomic mass is 10.1. The lowest BCUT2D eigenvalue weighted by molar-refractivity contribution is 0.0209. The van der Waals surface area contributed by atoms with E-state index in [1.54, 1.807) is 0 Å². The number of nitrogen functional groups attached to an aromatic ring is 1. The van der Waals surface area contributed by atoms with E-state index < -0.39 is 0 Å². The summed E-state index contributed by atoms with van der Waals surface area (Å²) in [6, 6.07) is 6.73. The molecule has 0 bridgehead atoms. The molecule has 2 fully saturated rings. The molecule has 0 aliphatic carbocycles. The summed E-state index contributed by atoms with van der Waals surface area (Å²) in [7, 11) is 0. The number of nitrogens with two attached hydrogens (primary N) is 1. The predicted octanol–water partition coefficient (Wildman–Crippen LogP) is 1.19. The SMILES string of the molecule is Cc1ccc(C(=N)N)c(N2CCC(N3CCOCC3)C2)c1. The van der Waals surface area contributed by atoms with Crippen LogP contribution in [-0.2, 0) is 4.74 Å². The molecule has 5 heteroatoms. The van der Waals surface area contributed by atoms with E-state index in [1.807, 2.05) is 12.1 Å². The van der Waals surface area contributed by atoms with Gasteiger partial charge in [-0.2, -0.15) is 0 Å². The van der Waals surface area contributed by atoms with Gasteiger partial charge >= 0.3 is 0 Å². The highest BCUT2D eigenvalue weighted by Crippen LogP contribution is 2.27. The normalized spacial score (nSPS) is 23.5. The first-order chi connectivity index (χ1) is 10.1. The topological polar surface area (TPSA) is 65.6 Å². The van der Waals surface area contributed by atoms with E-state index in [2.05, 4.69) is 22.8 Å². The molecule has 1 aromatic carbocycles. The van der Waals surface area contributed by atoms with E-state index in [0.717, 1.165) is 50.6 Å². The monoisotopic (exact) mass is 288 g/mol. The number of ether oxygens (including phenoxy) is 1. The minimum absolute atomic E-state index is 0.153. The zero-order valence-corrected chi connectivity index (χ0v) is 12.6. The maximum absolute atomic E-state index is 7.78. The number of benzene rings is 1. The molecule has 3 N–H and O–H groups in total. The second kappa shape index (κ2) is 6.03. The number of amidine groups is 1. The minimum atomic E-state index is 0.153. The van der Waals surface area contributed by atoms with Gasteiger partial charge in [0.1, 0.15) is 5.84 Å². The quantitative estimate of drug-likeness (QED) is 0.648. The molecule has 5 nitrogen and oxygen atoms in total. The van der Waals surface area contributed by atoms with Crippen LogP contribution in [0.3, 0.4) is 0 Å². The summed E-state index contributed by atoms with van der Waals surface area (Å²) in [5.74, 6) is 0.153. The lowest BCUT2D eigenvalue weighted by Crippen LogP contribution is -2.44. The zero-order valence-electron chi connectivity index (χ0n) is 12.6. The van der Waals surface area contributed by atoms with E-state index in [-0.39, 0.29) is 5.84 Å². The minimum Gasteiger partial charge on any atom is -0.384 e. The average Bonchev–Trinajstić information content (AvgIpc) is 2.97. The van der Waals surface area contributed by atoms with Crippen LogP contribution in [0.15, 0.2) is 18.2 Å². The van der Waals surface area contributed by atoms with Gasteiger partial charge in [0.2, 0.25) is 0 Å². The van der Waals surface area contributed by atoms with Crippen LogP contribution in [0.1, 0.15) is 17.5 Å². The fourth-order valence-corrected chi connectivity index (χ4v) is 3.33. The Labute approximate surface area is 126 Å². The van der Waals surface area contributed by atoms with Crippen molar-refractivity contribution < 1.29 is 4.74 Å². The summed E-state index contributed by atoms with van der Waals surface area (Å²) in [6.07, 6.45) is 1.17. The van der Waals surface area contributed by atoms with Crippen molar-refractivity contribution in [3.8, 4) is 0 Å². The number of rotatable bonds is 3. The maximum Gasteiger partial charge on any atom is 0.124 e. The van der Waals surface area contributed by atoms with Gasteiger partial charge < -0.3 is 15.4 Å². The van der Waals surface area contributed by atoms with Gasteiger partial charge in [0.15, 0.2) is 0 Å². The second-order valence-electron chi connectivity index (χ2n) is 5.97. The molecule has 2 aliphatic heterocycles. The number of hydrogen-bond acceptors (Lipinski definition) is 4. The highest BCUT2D eigenvalue weighted by atomic mass is 16.5. The molecule has 0 radical (unpaired) electrons. The fraction of sp³-hybridized carbons (Fsp3) is 0.562. The van der Waals surface area contributed by atoms with Crippen LogP contribution < -0.4 is 10.6 Å². The molecule has 21 heavy (non-hydrogen) atoms. The van der Waals surface area contributed by atoms with E-state index in [1.165, 1.54) is 12.0 Å². The van der Waals surface area contributed by atoms with Crippen LogP contribution in [0.5, 0.6) is 0 Å². The molecule has 0 spiro atoms. The Kier molecular flexibility index (Phi) is 4.12. The first kappa shape index (κ1) is 14.4. The molecule has 1 atom stereocenters. The van der Waals surface area contributed by atoms with Crippen molar-refractivity contribution in [1.29, 1.82) is 5.41 Å². The van der Waals surface area contributed by atoms with Crippen LogP contribution in [-0.4, -0.2) is 56.2 Å². The van der Waals surface area contributed by atoms with Gasteiger partial charge in [0.25, 0.3) is 0 Å². The summed E-state index contributed by atoms with van der Waals surface area (Å²) in [5.41, 5.74) is 8.91. The van der Waals surface area contributed by atoms with Crippen molar-refractivity contribution in [3.63, 3.8) is 0 Å². The van der Waals surface area contributed by atoms with E-state index in [0.29, 0.717) is 6.04 Å². The Balaban J connectivity index is 1.76.